The highest BCUT2D eigenvalue weighted by molar-refractivity contribution is 5.79. The van der Waals surface area contributed by atoms with Gasteiger partial charge in [0.1, 0.15) is 11.9 Å². The van der Waals surface area contributed by atoms with Gasteiger partial charge in [0.25, 0.3) is 0 Å². The lowest BCUT2D eigenvalue weighted by Crippen LogP contribution is -2.38. The summed E-state index contributed by atoms with van der Waals surface area (Å²) in [4.78, 5) is 6.52. The summed E-state index contributed by atoms with van der Waals surface area (Å²) in [5, 5.41) is 13.3. The highest BCUT2D eigenvalue weighted by Gasteiger charge is 2.12. The highest BCUT2D eigenvalue weighted by atomic mass is 16.4. The molecular weight excluding hydrogens is 278 g/mol. The van der Waals surface area contributed by atoms with Crippen LogP contribution < -0.4 is 5.32 Å². The second-order valence-corrected chi connectivity index (χ2v) is 5.07. The number of benzene rings is 1. The summed E-state index contributed by atoms with van der Waals surface area (Å²) in [6.45, 7) is 3.81. The van der Waals surface area contributed by atoms with E-state index in [-0.39, 0.29) is 6.54 Å². The van der Waals surface area contributed by atoms with Crippen molar-refractivity contribution in [3.05, 3.63) is 60.1 Å². The lowest BCUT2D eigenvalue weighted by molar-refractivity contribution is 0.158. The van der Waals surface area contributed by atoms with E-state index in [1.54, 1.807) is 18.4 Å². The van der Waals surface area contributed by atoms with E-state index in [9.17, 15) is 5.11 Å². The van der Waals surface area contributed by atoms with Crippen molar-refractivity contribution in [3.63, 3.8) is 0 Å². The molecule has 1 aromatic carbocycles. The molecule has 0 aliphatic carbocycles. The van der Waals surface area contributed by atoms with Crippen molar-refractivity contribution in [1.29, 1.82) is 0 Å². The number of aliphatic imine (C=N–C) groups is 1. The normalized spacial score (nSPS) is 13.0. The molecule has 0 amide bonds. The molecule has 2 aromatic rings. The Morgan fingerprint density at radius 2 is 2.05 bits per heavy atom. The Morgan fingerprint density at radius 3 is 2.68 bits per heavy atom. The second-order valence-electron chi connectivity index (χ2n) is 5.07. The fourth-order valence-electron chi connectivity index (χ4n) is 2.15. The van der Waals surface area contributed by atoms with Gasteiger partial charge in [0.05, 0.1) is 12.8 Å². The molecule has 0 saturated carbocycles. The zero-order chi connectivity index (χ0) is 15.8. The molecule has 1 atom stereocenters. The van der Waals surface area contributed by atoms with E-state index in [0.717, 1.165) is 19.0 Å². The number of aliphatic hydroxyl groups excluding tert-OH is 1. The predicted octanol–water partition coefficient (Wildman–Crippen LogP) is 2.41. The Labute approximate surface area is 131 Å². The number of aliphatic hydroxyl groups is 1. The van der Waals surface area contributed by atoms with Crippen LogP contribution in [0.4, 0.5) is 0 Å². The van der Waals surface area contributed by atoms with Crippen LogP contribution in [0.15, 0.2) is 58.1 Å². The molecule has 1 aromatic heterocycles. The number of nitrogens with zero attached hydrogens (tertiary/aromatic N) is 2. The van der Waals surface area contributed by atoms with E-state index in [2.05, 4.69) is 22.4 Å². The van der Waals surface area contributed by atoms with Crippen LogP contribution in [0, 0.1) is 0 Å². The first-order valence-electron chi connectivity index (χ1n) is 7.45. The maximum absolute atomic E-state index is 10.1. The van der Waals surface area contributed by atoms with Crippen LogP contribution >= 0.6 is 0 Å². The van der Waals surface area contributed by atoms with E-state index < -0.39 is 6.10 Å². The van der Waals surface area contributed by atoms with E-state index in [4.69, 9.17) is 4.42 Å². The molecule has 5 nitrogen and oxygen atoms in total. The monoisotopic (exact) mass is 301 g/mol. The maximum Gasteiger partial charge on any atom is 0.194 e. The van der Waals surface area contributed by atoms with Crippen molar-refractivity contribution < 1.29 is 9.52 Å². The van der Waals surface area contributed by atoms with Crippen molar-refractivity contribution in [2.24, 2.45) is 4.99 Å². The molecule has 0 bridgehead atoms. The van der Waals surface area contributed by atoms with E-state index in [1.807, 2.05) is 37.1 Å². The summed E-state index contributed by atoms with van der Waals surface area (Å²) < 4.78 is 5.19. The number of hydrogen-bond donors (Lipinski definition) is 2. The Bertz CT molecular complexity index is 567. The van der Waals surface area contributed by atoms with Gasteiger partial charge in [-0.1, -0.05) is 30.3 Å². The molecule has 0 radical (unpaired) electrons. The van der Waals surface area contributed by atoms with Crippen molar-refractivity contribution in [3.8, 4) is 0 Å². The standard InChI is InChI=1S/C17H23N3O2/c1-3-18-17(19-12-15(21)16-10-7-11-22-16)20(2)13-14-8-5-4-6-9-14/h4-11,15,21H,3,12-13H2,1-2H3,(H,18,19). The minimum atomic E-state index is -0.728. The Hall–Kier alpha value is -2.27. The lowest BCUT2D eigenvalue weighted by atomic mass is 10.2. The van der Waals surface area contributed by atoms with Gasteiger partial charge in [-0.2, -0.15) is 0 Å². The third kappa shape index (κ3) is 4.63. The molecule has 1 heterocycles. The third-order valence-electron chi connectivity index (χ3n) is 3.24. The van der Waals surface area contributed by atoms with Crippen molar-refractivity contribution >= 4 is 5.96 Å². The topological polar surface area (TPSA) is 61.0 Å². The van der Waals surface area contributed by atoms with E-state index in [1.165, 1.54) is 5.56 Å². The molecular formula is C17H23N3O2. The molecule has 118 valence electrons. The lowest BCUT2D eigenvalue weighted by Gasteiger charge is -2.22. The van der Waals surface area contributed by atoms with Gasteiger partial charge in [-0.15, -0.1) is 0 Å². The van der Waals surface area contributed by atoms with E-state index in [0.29, 0.717) is 5.76 Å². The van der Waals surface area contributed by atoms with Gasteiger partial charge in [-0.25, -0.2) is 4.99 Å². The van der Waals surface area contributed by atoms with Crippen LogP contribution in [0.1, 0.15) is 24.4 Å². The average Bonchev–Trinajstić information content (AvgIpc) is 3.06. The molecule has 5 heteroatoms. The summed E-state index contributed by atoms with van der Waals surface area (Å²) in [5.41, 5.74) is 1.21. The summed E-state index contributed by atoms with van der Waals surface area (Å²) in [5.74, 6) is 1.29. The van der Waals surface area contributed by atoms with Crippen LogP contribution in [0.3, 0.4) is 0 Å². The second kappa shape index (κ2) is 8.24. The molecule has 2 N–H and O–H groups in total. The number of rotatable bonds is 6. The van der Waals surface area contributed by atoms with Crippen molar-refractivity contribution in [1.82, 2.24) is 10.2 Å². The molecule has 0 aliphatic heterocycles. The van der Waals surface area contributed by atoms with Gasteiger partial charge >= 0.3 is 0 Å². The van der Waals surface area contributed by atoms with Crippen LogP contribution in [0.2, 0.25) is 0 Å². The van der Waals surface area contributed by atoms with Gasteiger partial charge in [0.2, 0.25) is 0 Å². The van der Waals surface area contributed by atoms with Gasteiger partial charge in [-0.3, -0.25) is 0 Å². The Balaban J connectivity index is 2.00. The fraction of sp³-hybridized carbons (Fsp3) is 0.353. The predicted molar refractivity (Wildman–Crippen MR) is 87.6 cm³/mol. The highest BCUT2D eigenvalue weighted by Crippen LogP contribution is 2.13. The van der Waals surface area contributed by atoms with E-state index >= 15 is 0 Å². The zero-order valence-electron chi connectivity index (χ0n) is 13.1. The largest absolute Gasteiger partial charge is 0.467 e. The smallest absolute Gasteiger partial charge is 0.194 e. The minimum Gasteiger partial charge on any atom is -0.467 e. The summed E-state index contributed by atoms with van der Waals surface area (Å²) in [6, 6.07) is 13.7. The average molecular weight is 301 g/mol. The molecule has 0 spiro atoms. The SMILES string of the molecule is CCNC(=NCC(O)c1ccco1)N(C)Cc1ccccc1. The number of nitrogens with one attached hydrogen (secondary N) is 1. The summed E-state index contributed by atoms with van der Waals surface area (Å²) >= 11 is 0. The Kier molecular flexibility index (Phi) is 6.03. The quantitative estimate of drug-likeness (QED) is 0.635. The van der Waals surface area contributed by atoms with Crippen molar-refractivity contribution in [2.75, 3.05) is 20.1 Å². The Morgan fingerprint density at radius 1 is 1.27 bits per heavy atom. The molecule has 0 aliphatic rings. The van der Waals surface area contributed by atoms with Gasteiger partial charge in [-0.05, 0) is 24.6 Å². The molecule has 0 fully saturated rings. The summed E-state index contributed by atoms with van der Waals surface area (Å²) in [7, 11) is 1.98. The van der Waals surface area contributed by atoms with Crippen LogP contribution in [-0.2, 0) is 6.54 Å². The molecule has 1 unspecified atom stereocenters. The van der Waals surface area contributed by atoms with Crippen LogP contribution in [-0.4, -0.2) is 36.1 Å². The first kappa shape index (κ1) is 16.1. The molecule has 22 heavy (non-hydrogen) atoms. The maximum atomic E-state index is 10.1. The summed E-state index contributed by atoms with van der Waals surface area (Å²) in [6.07, 6.45) is 0.823. The first-order chi connectivity index (χ1) is 10.7. The van der Waals surface area contributed by atoms with Gasteiger partial charge < -0.3 is 19.7 Å². The number of hydrogen-bond acceptors (Lipinski definition) is 3. The third-order valence-corrected chi connectivity index (χ3v) is 3.24. The van der Waals surface area contributed by atoms with Crippen molar-refractivity contribution in [2.45, 2.75) is 19.6 Å². The molecule has 2 rings (SSSR count). The van der Waals surface area contributed by atoms with Crippen LogP contribution in [0.25, 0.3) is 0 Å². The fourth-order valence-corrected chi connectivity index (χ4v) is 2.15. The number of furan rings is 1. The number of guanidine groups is 1. The minimum absolute atomic E-state index is 0.259. The zero-order valence-corrected chi connectivity index (χ0v) is 13.1. The molecule has 0 saturated heterocycles. The van der Waals surface area contributed by atoms with Gasteiger partial charge in [0.15, 0.2) is 5.96 Å². The first-order valence-corrected chi connectivity index (χ1v) is 7.45. The van der Waals surface area contributed by atoms with Gasteiger partial charge in [0, 0.05) is 20.1 Å². The van der Waals surface area contributed by atoms with Crippen LogP contribution in [0.5, 0.6) is 0 Å².